The fraction of sp³-hybridized carbons (Fsp3) is 0. The third kappa shape index (κ3) is 6.50. The molecule has 0 aliphatic carbocycles. The summed E-state index contributed by atoms with van der Waals surface area (Å²) in [5.41, 5.74) is 11.4. The number of benzene rings is 10. The summed E-state index contributed by atoms with van der Waals surface area (Å²) in [4.78, 5) is 5.06. The molecule has 3 heteroatoms. The summed E-state index contributed by atoms with van der Waals surface area (Å²) < 4.78 is 2.32. The zero-order valence-corrected chi connectivity index (χ0v) is 33.3. The smallest absolute Gasteiger partial charge is 0.152 e. The molecule has 61 heavy (non-hydrogen) atoms. The van der Waals surface area contributed by atoms with Crippen LogP contribution >= 0.6 is 0 Å². The molecule has 0 atom stereocenters. The predicted octanol–water partition coefficient (Wildman–Crippen LogP) is 15.1. The Hall–Kier alpha value is -8.14. The van der Waals surface area contributed by atoms with E-state index in [1.807, 2.05) is 30.3 Å². The minimum atomic E-state index is 0.205. The van der Waals surface area contributed by atoms with Gasteiger partial charge in [-0.3, -0.25) is 5.41 Å². The number of nitrogens with one attached hydrogen (secondary N) is 1. The van der Waals surface area contributed by atoms with Crippen LogP contribution in [0.1, 0.15) is 16.7 Å². The summed E-state index contributed by atoms with van der Waals surface area (Å²) in [7, 11) is 0. The molecular formula is C58H39N3. The van der Waals surface area contributed by atoms with E-state index in [0.717, 1.165) is 44.5 Å². The van der Waals surface area contributed by atoms with Gasteiger partial charge in [0.2, 0.25) is 0 Å². The largest absolute Gasteiger partial charge is 0.309 e. The quantitative estimate of drug-likeness (QED) is 0.0725. The zero-order valence-electron chi connectivity index (χ0n) is 33.3. The standard InChI is InChI=1S/C58H39N3/c59-58(41-18-2-1-3-19-41)60-53(51-28-10-13-31-56(51)61-54-29-11-8-26-48(54)49-27-9-12-30-55(49)61)35-32-39-16-14-21-42(36-39)43-22-15-23-45(37-43)57-47-25-7-5-20-44(47)38-52-46-24-6-4-17-40(46)33-34-50(52)57/h1-38,59H/b35-32+,59-58?,60-53?. The summed E-state index contributed by atoms with van der Waals surface area (Å²) in [5.74, 6) is 0.205. The Kier molecular flexibility index (Phi) is 8.98. The van der Waals surface area contributed by atoms with Crippen molar-refractivity contribution in [2.24, 2.45) is 4.99 Å². The van der Waals surface area contributed by atoms with Gasteiger partial charge >= 0.3 is 0 Å². The van der Waals surface area contributed by atoms with Crippen LogP contribution in [0.15, 0.2) is 229 Å². The molecule has 0 spiro atoms. The highest BCUT2D eigenvalue weighted by molar-refractivity contribution is 6.21. The van der Waals surface area contributed by atoms with E-state index < -0.39 is 0 Å². The number of allylic oxidation sites excluding steroid dienone is 1. The fourth-order valence-electron chi connectivity index (χ4n) is 9.02. The summed E-state index contributed by atoms with van der Waals surface area (Å²) >= 11 is 0. The Morgan fingerprint density at radius 3 is 1.82 bits per heavy atom. The SMILES string of the molecule is N=C(N=C(/C=C/c1cccc(-c2cccc(-c3c4ccccc4cc4c3ccc3ccccc34)c2)c1)c1ccccc1-n1c2ccccc2c2ccccc21)c1ccccc1. The maximum atomic E-state index is 9.15. The second-order valence-electron chi connectivity index (χ2n) is 15.5. The lowest BCUT2D eigenvalue weighted by Crippen LogP contribution is -2.08. The van der Waals surface area contributed by atoms with Crippen molar-refractivity contribution in [2.75, 3.05) is 0 Å². The van der Waals surface area contributed by atoms with E-state index in [4.69, 9.17) is 10.4 Å². The summed E-state index contributed by atoms with van der Waals surface area (Å²) in [6.07, 6.45) is 4.18. The number of aromatic nitrogens is 1. The second-order valence-corrected chi connectivity index (χ2v) is 15.5. The lowest BCUT2D eigenvalue weighted by Gasteiger charge is -2.15. The fourth-order valence-corrected chi connectivity index (χ4v) is 9.02. The molecule has 10 aromatic carbocycles. The topological polar surface area (TPSA) is 41.1 Å². The van der Waals surface area contributed by atoms with Crippen molar-refractivity contribution < 1.29 is 0 Å². The lowest BCUT2D eigenvalue weighted by molar-refractivity contribution is 1.17. The van der Waals surface area contributed by atoms with Gasteiger partial charge < -0.3 is 4.57 Å². The first-order valence-electron chi connectivity index (χ1n) is 20.7. The van der Waals surface area contributed by atoms with Gasteiger partial charge in [-0.05, 0) is 103 Å². The number of aliphatic imine (C=N–C) groups is 1. The van der Waals surface area contributed by atoms with Crippen molar-refractivity contribution in [3.05, 3.63) is 241 Å². The molecular weight excluding hydrogens is 739 g/mol. The highest BCUT2D eigenvalue weighted by Gasteiger charge is 2.17. The molecule has 0 saturated heterocycles. The molecule has 1 heterocycles. The number of hydrogen-bond acceptors (Lipinski definition) is 1. The summed E-state index contributed by atoms with van der Waals surface area (Å²) in [6, 6.07) is 77.1. The van der Waals surface area contributed by atoms with Gasteiger partial charge in [-0.1, -0.05) is 188 Å². The van der Waals surface area contributed by atoms with Crippen molar-refractivity contribution >= 4 is 71.7 Å². The molecule has 0 radical (unpaired) electrons. The van der Waals surface area contributed by atoms with E-state index in [2.05, 4.69) is 205 Å². The van der Waals surface area contributed by atoms with E-state index >= 15 is 0 Å². The average Bonchev–Trinajstić information content (AvgIpc) is 3.66. The lowest BCUT2D eigenvalue weighted by atomic mass is 9.89. The van der Waals surface area contributed by atoms with E-state index in [0.29, 0.717) is 5.71 Å². The van der Waals surface area contributed by atoms with Crippen molar-refractivity contribution in [1.29, 1.82) is 5.41 Å². The predicted molar refractivity (Wildman–Crippen MR) is 259 cm³/mol. The van der Waals surface area contributed by atoms with Gasteiger partial charge in [-0.2, -0.15) is 0 Å². The van der Waals surface area contributed by atoms with Crippen LogP contribution in [0.4, 0.5) is 0 Å². The van der Waals surface area contributed by atoms with Crippen LogP contribution in [0.3, 0.4) is 0 Å². The highest BCUT2D eigenvalue weighted by Crippen LogP contribution is 2.40. The first kappa shape index (κ1) is 36.0. The van der Waals surface area contributed by atoms with Crippen molar-refractivity contribution in [1.82, 2.24) is 4.57 Å². The van der Waals surface area contributed by atoms with Gasteiger partial charge in [-0.25, -0.2) is 4.99 Å². The molecule has 0 bridgehead atoms. The summed E-state index contributed by atoms with van der Waals surface area (Å²) in [6.45, 7) is 0. The Balaban J connectivity index is 1.02. The van der Waals surface area contributed by atoms with E-state index in [1.165, 1.54) is 54.2 Å². The van der Waals surface area contributed by atoms with Gasteiger partial charge in [0.25, 0.3) is 0 Å². The van der Waals surface area contributed by atoms with E-state index in [9.17, 15) is 0 Å². The highest BCUT2D eigenvalue weighted by atomic mass is 15.0. The molecule has 286 valence electrons. The maximum Gasteiger partial charge on any atom is 0.152 e. The Morgan fingerprint density at radius 2 is 1.03 bits per heavy atom. The molecule has 11 aromatic rings. The first-order chi connectivity index (χ1) is 30.2. The van der Waals surface area contributed by atoms with Crippen molar-refractivity contribution in [3.63, 3.8) is 0 Å². The molecule has 11 rings (SSSR count). The maximum absolute atomic E-state index is 9.15. The third-order valence-electron chi connectivity index (χ3n) is 11.9. The summed E-state index contributed by atoms with van der Waals surface area (Å²) in [5, 5.41) is 19.0. The molecule has 0 aliphatic heterocycles. The second kappa shape index (κ2) is 15.2. The van der Waals surface area contributed by atoms with Gasteiger partial charge in [0.1, 0.15) is 0 Å². The van der Waals surface area contributed by atoms with Gasteiger partial charge in [-0.15, -0.1) is 0 Å². The number of hydrogen-bond donors (Lipinski definition) is 1. The number of para-hydroxylation sites is 3. The monoisotopic (exact) mass is 777 g/mol. The van der Waals surface area contributed by atoms with Crippen LogP contribution < -0.4 is 0 Å². The van der Waals surface area contributed by atoms with Crippen molar-refractivity contribution in [2.45, 2.75) is 0 Å². The zero-order chi connectivity index (χ0) is 40.7. The third-order valence-corrected chi connectivity index (χ3v) is 11.9. The molecule has 0 unspecified atom stereocenters. The molecule has 1 aromatic heterocycles. The number of fused-ring (bicyclic) bond motifs is 7. The normalized spacial score (nSPS) is 12.0. The molecule has 0 aliphatic rings. The number of amidine groups is 1. The van der Waals surface area contributed by atoms with Crippen LogP contribution in [0.5, 0.6) is 0 Å². The van der Waals surface area contributed by atoms with Gasteiger partial charge in [0.15, 0.2) is 5.84 Å². The van der Waals surface area contributed by atoms with Gasteiger partial charge in [0, 0.05) is 21.9 Å². The van der Waals surface area contributed by atoms with Gasteiger partial charge in [0.05, 0.1) is 22.4 Å². The molecule has 0 fully saturated rings. The van der Waals surface area contributed by atoms with Crippen LogP contribution in [0.2, 0.25) is 0 Å². The molecule has 0 amide bonds. The van der Waals surface area contributed by atoms with Crippen LogP contribution in [-0.2, 0) is 0 Å². The molecule has 1 N–H and O–H groups in total. The average molecular weight is 778 g/mol. The van der Waals surface area contributed by atoms with Crippen LogP contribution in [0, 0.1) is 5.41 Å². The number of nitrogens with zero attached hydrogens (tertiary/aromatic N) is 2. The first-order valence-corrected chi connectivity index (χ1v) is 20.7. The Bertz CT molecular complexity index is 3500. The minimum absolute atomic E-state index is 0.205. The molecule has 3 nitrogen and oxygen atoms in total. The van der Waals surface area contributed by atoms with Crippen molar-refractivity contribution in [3.8, 4) is 27.9 Å². The van der Waals surface area contributed by atoms with Crippen LogP contribution in [0.25, 0.3) is 88.1 Å². The Morgan fingerprint density at radius 1 is 0.426 bits per heavy atom. The van der Waals surface area contributed by atoms with Crippen LogP contribution in [-0.4, -0.2) is 16.1 Å². The number of rotatable bonds is 7. The minimum Gasteiger partial charge on any atom is -0.309 e. The van der Waals surface area contributed by atoms with E-state index in [1.54, 1.807) is 0 Å². The van der Waals surface area contributed by atoms with E-state index in [-0.39, 0.29) is 5.84 Å². The Labute approximate surface area is 354 Å². The molecule has 0 saturated carbocycles.